The molecule has 1 unspecified atom stereocenters. The normalized spacial score (nSPS) is 17.9. The van der Waals surface area contributed by atoms with Crippen LogP contribution in [0.2, 0.25) is 0 Å². The van der Waals surface area contributed by atoms with E-state index in [1.165, 1.54) is 11.3 Å². The Balaban J connectivity index is 0.00000141. The second kappa shape index (κ2) is 9.91. The highest BCUT2D eigenvalue weighted by Gasteiger charge is 2.29. The van der Waals surface area contributed by atoms with Crippen LogP contribution in [0.3, 0.4) is 0 Å². The Morgan fingerprint density at radius 3 is 2.70 bits per heavy atom. The van der Waals surface area contributed by atoms with Gasteiger partial charge in [-0.1, -0.05) is 0 Å². The first-order valence-corrected chi connectivity index (χ1v) is 13.8. The topological polar surface area (TPSA) is 114 Å². The Bertz CT molecular complexity index is 1760. The third kappa shape index (κ3) is 4.32. The molecule has 40 heavy (non-hydrogen) atoms. The van der Waals surface area contributed by atoms with E-state index in [0.717, 1.165) is 64.8 Å². The number of rotatable bonds is 5. The van der Waals surface area contributed by atoms with E-state index in [0.29, 0.717) is 24.4 Å². The number of aromatic amines is 1. The lowest BCUT2D eigenvalue weighted by Crippen LogP contribution is -2.36. The van der Waals surface area contributed by atoms with E-state index in [4.69, 9.17) is 4.74 Å². The van der Waals surface area contributed by atoms with Gasteiger partial charge in [-0.25, -0.2) is 0 Å². The van der Waals surface area contributed by atoms with Crippen LogP contribution in [0.1, 0.15) is 51.2 Å². The molecule has 0 spiro atoms. The number of nitrogens with zero attached hydrogens (tertiary/aromatic N) is 3. The van der Waals surface area contributed by atoms with E-state index in [9.17, 15) is 9.59 Å². The van der Waals surface area contributed by atoms with E-state index < -0.39 is 0 Å². The largest absolute Gasteiger partial charge is 0.381 e. The number of pyridine rings is 1. The molecular formula is C31H36N6O3. The summed E-state index contributed by atoms with van der Waals surface area (Å²) in [7, 11) is 0. The van der Waals surface area contributed by atoms with Crippen LogP contribution in [0.15, 0.2) is 60.9 Å². The third-order valence-electron chi connectivity index (χ3n) is 8.06. The molecule has 7 rings (SSSR count). The molecule has 9 heteroatoms. The molecule has 1 atom stereocenters. The summed E-state index contributed by atoms with van der Waals surface area (Å²) < 4.78 is 8.10. The number of carbonyl (C=O) groups is 2. The van der Waals surface area contributed by atoms with Crippen LogP contribution in [0, 0.1) is 6.92 Å². The summed E-state index contributed by atoms with van der Waals surface area (Å²) in [6, 6.07) is 16.2. The van der Waals surface area contributed by atoms with Crippen molar-refractivity contribution in [2.24, 2.45) is 0 Å². The van der Waals surface area contributed by atoms with Crippen LogP contribution in [0.25, 0.3) is 38.6 Å². The molecule has 208 valence electrons. The molecule has 2 aromatic carbocycles. The number of amides is 2. The second-order valence-corrected chi connectivity index (χ2v) is 10.7. The van der Waals surface area contributed by atoms with Crippen LogP contribution in [-0.4, -0.2) is 57.4 Å². The third-order valence-corrected chi connectivity index (χ3v) is 8.06. The van der Waals surface area contributed by atoms with Crippen molar-refractivity contribution in [1.29, 1.82) is 0 Å². The number of aryl methyl sites for hydroxylation is 1. The Hall–Kier alpha value is -4.50. The number of nitrogens with one attached hydrogen (secondary N) is 3. The van der Waals surface area contributed by atoms with Gasteiger partial charge in [-0.15, -0.1) is 0 Å². The van der Waals surface area contributed by atoms with Crippen LogP contribution < -0.4 is 10.6 Å². The highest BCUT2D eigenvalue weighted by Crippen LogP contribution is 2.44. The van der Waals surface area contributed by atoms with Gasteiger partial charge in [0.2, 0.25) is 5.91 Å². The van der Waals surface area contributed by atoms with Gasteiger partial charge in [-0.3, -0.25) is 19.7 Å². The van der Waals surface area contributed by atoms with Crippen molar-refractivity contribution < 1.29 is 18.6 Å². The minimum atomic E-state index is -0.184. The minimum absolute atomic E-state index is 0. The number of H-pyrrole nitrogens is 1. The van der Waals surface area contributed by atoms with Gasteiger partial charge in [0.1, 0.15) is 0 Å². The lowest BCUT2D eigenvalue weighted by Gasteiger charge is -2.26. The fraction of sp³-hybridized carbons (Fsp3) is 0.290. The van der Waals surface area contributed by atoms with Crippen molar-refractivity contribution in [2.45, 2.75) is 38.1 Å². The maximum Gasteiger partial charge on any atom is 0.251 e. The molecule has 2 saturated heterocycles. The van der Waals surface area contributed by atoms with E-state index in [-0.39, 0.29) is 22.1 Å². The highest BCUT2D eigenvalue weighted by atomic mass is 16.5. The summed E-state index contributed by atoms with van der Waals surface area (Å²) in [4.78, 5) is 28.9. The van der Waals surface area contributed by atoms with Crippen molar-refractivity contribution in [3.8, 4) is 16.8 Å². The predicted molar refractivity (Wildman–Crippen MR) is 159 cm³/mol. The standard InChI is InChI=1S/C31H30N6O3.3H2/c1-18-12-21(6-9-32-18)29-25-13-22-16-34-36-26(22)15-27(25)37(30(29)19-7-10-40-11-8-19)24-4-2-20(3-5-24)31(39)35-23-14-28(38)33-17-23;;;/h2-6,9,12-13,15-16,19,23H,7-8,10-11,14,17H2,1H3,(H,33,38)(H,34,36)(H,35,39);3*1H. The molecule has 2 aliphatic rings. The van der Waals surface area contributed by atoms with Crippen LogP contribution in [-0.2, 0) is 9.53 Å². The first-order chi connectivity index (χ1) is 19.5. The first kappa shape index (κ1) is 24.5. The van der Waals surface area contributed by atoms with Crippen molar-refractivity contribution >= 4 is 33.6 Å². The monoisotopic (exact) mass is 540 g/mol. The predicted octanol–water partition coefficient (Wildman–Crippen LogP) is 5.13. The summed E-state index contributed by atoms with van der Waals surface area (Å²) in [5.41, 5.74) is 8.15. The maximum absolute atomic E-state index is 12.9. The van der Waals surface area contributed by atoms with Crippen molar-refractivity contribution in [2.75, 3.05) is 19.8 Å². The van der Waals surface area contributed by atoms with Crippen LogP contribution >= 0.6 is 0 Å². The molecular weight excluding hydrogens is 504 g/mol. The van der Waals surface area contributed by atoms with Gasteiger partial charge in [0.25, 0.3) is 5.91 Å². The summed E-state index contributed by atoms with van der Waals surface area (Å²) >= 11 is 0. The summed E-state index contributed by atoms with van der Waals surface area (Å²) in [5.74, 6) is 0.0889. The van der Waals surface area contributed by atoms with Gasteiger partial charge in [0.15, 0.2) is 0 Å². The van der Waals surface area contributed by atoms with Gasteiger partial charge in [0.05, 0.1) is 23.3 Å². The lowest BCUT2D eigenvalue weighted by molar-refractivity contribution is -0.119. The molecule has 0 radical (unpaired) electrons. The Kier molecular flexibility index (Phi) is 6.08. The minimum Gasteiger partial charge on any atom is -0.381 e. The molecule has 0 aliphatic carbocycles. The number of hydrogen-bond donors (Lipinski definition) is 3. The number of carbonyl (C=O) groups excluding carboxylic acids is 2. The molecule has 2 amide bonds. The summed E-state index contributed by atoms with van der Waals surface area (Å²) in [6.45, 7) is 3.94. The van der Waals surface area contributed by atoms with Gasteiger partial charge >= 0.3 is 0 Å². The fourth-order valence-electron chi connectivity index (χ4n) is 6.12. The Morgan fingerprint density at radius 2 is 1.95 bits per heavy atom. The maximum atomic E-state index is 12.9. The second-order valence-electron chi connectivity index (χ2n) is 10.7. The molecule has 0 bridgehead atoms. The van der Waals surface area contributed by atoms with E-state index in [2.05, 4.69) is 54.6 Å². The van der Waals surface area contributed by atoms with E-state index >= 15 is 0 Å². The van der Waals surface area contributed by atoms with Crippen molar-refractivity contribution in [3.63, 3.8) is 0 Å². The number of aromatic nitrogens is 4. The molecule has 9 nitrogen and oxygen atoms in total. The van der Waals surface area contributed by atoms with E-state index in [1.54, 1.807) is 0 Å². The average Bonchev–Trinajstić information content (AvgIpc) is 3.69. The zero-order valence-electron chi connectivity index (χ0n) is 22.2. The van der Waals surface area contributed by atoms with Gasteiger partial charge < -0.3 is 19.9 Å². The zero-order valence-corrected chi connectivity index (χ0v) is 22.2. The number of hydrogen-bond acceptors (Lipinski definition) is 5. The molecule has 3 aromatic heterocycles. The number of ether oxygens (including phenoxy) is 1. The summed E-state index contributed by atoms with van der Waals surface area (Å²) in [5, 5.41) is 15.4. The molecule has 2 fully saturated rings. The molecule has 0 saturated carbocycles. The Labute approximate surface area is 235 Å². The Morgan fingerprint density at radius 1 is 1.12 bits per heavy atom. The SMILES string of the molecule is Cc1cc(-c2c(C3CCOCC3)n(-c3ccc(C(=O)NC4CNC(=O)C4)cc3)c3cc4[nH]ncc4cc23)ccn1.[HH].[HH].[HH]. The molecule has 2 aliphatic heterocycles. The van der Waals surface area contributed by atoms with Crippen molar-refractivity contribution in [1.82, 2.24) is 30.4 Å². The number of benzene rings is 2. The average molecular weight is 541 g/mol. The smallest absolute Gasteiger partial charge is 0.251 e. The van der Waals surface area contributed by atoms with E-state index in [1.807, 2.05) is 43.6 Å². The lowest BCUT2D eigenvalue weighted by atomic mass is 9.90. The fourth-order valence-corrected chi connectivity index (χ4v) is 6.12. The van der Waals surface area contributed by atoms with Crippen molar-refractivity contribution in [3.05, 3.63) is 77.9 Å². The molecule has 5 aromatic rings. The van der Waals surface area contributed by atoms with Crippen LogP contribution in [0.4, 0.5) is 0 Å². The molecule has 3 N–H and O–H groups in total. The van der Waals surface area contributed by atoms with Gasteiger partial charge in [0, 0.05) is 81.5 Å². The summed E-state index contributed by atoms with van der Waals surface area (Å²) in [6.07, 6.45) is 5.91. The van der Waals surface area contributed by atoms with Gasteiger partial charge in [-0.05, 0) is 73.9 Å². The van der Waals surface area contributed by atoms with Crippen LogP contribution in [0.5, 0.6) is 0 Å². The zero-order chi connectivity index (χ0) is 27.2. The molecule has 5 heterocycles. The first-order valence-electron chi connectivity index (χ1n) is 13.8. The van der Waals surface area contributed by atoms with Gasteiger partial charge in [-0.2, -0.15) is 5.10 Å². The number of fused-ring (bicyclic) bond motifs is 2. The quantitative estimate of drug-likeness (QED) is 0.286. The highest BCUT2D eigenvalue weighted by molar-refractivity contribution is 6.06.